The molecule has 2 N–H and O–H groups in total. The average Bonchev–Trinajstić information content (AvgIpc) is 3.67. The number of rotatable bonds is 9. The SMILES string of the molecule is CN1CCN(CCCNC(=O)C2=CN3C4CC5OC6CCCCC6C5CC4OC4C(NCCC5CCCN5C)C(F)CC(C2=O)C43)CC1. The predicted octanol–water partition coefficient (Wildman–Crippen LogP) is 2.18. The fraction of sp³-hybridized carbons (Fsp3) is 0.892. The van der Waals surface area contributed by atoms with Crippen molar-refractivity contribution >= 4 is 11.7 Å². The Hall–Kier alpha value is -1.63. The number of nitrogens with zero attached hydrogens (tertiary/aromatic N) is 4. The Balaban J connectivity index is 1.00. The van der Waals surface area contributed by atoms with Gasteiger partial charge in [0.2, 0.25) is 0 Å². The fourth-order valence-electron chi connectivity index (χ4n) is 11.1. The molecule has 3 aliphatic carbocycles. The first-order chi connectivity index (χ1) is 23.4. The van der Waals surface area contributed by atoms with Crippen molar-refractivity contribution in [2.24, 2.45) is 17.8 Å². The van der Waals surface area contributed by atoms with E-state index in [2.05, 4.69) is 44.3 Å². The maximum absolute atomic E-state index is 16.3. The Kier molecular flexibility index (Phi) is 9.90. The number of morpholine rings is 1. The van der Waals surface area contributed by atoms with Crippen LogP contribution in [0.5, 0.6) is 0 Å². The molecule has 4 saturated heterocycles. The second kappa shape index (κ2) is 14.2. The Morgan fingerprint density at radius 3 is 2.56 bits per heavy atom. The van der Waals surface area contributed by atoms with Gasteiger partial charge in [0.15, 0.2) is 5.78 Å². The van der Waals surface area contributed by atoms with Crippen molar-refractivity contribution in [3.05, 3.63) is 11.8 Å². The summed E-state index contributed by atoms with van der Waals surface area (Å²) in [7, 11) is 4.34. The van der Waals surface area contributed by atoms with Crippen LogP contribution < -0.4 is 10.6 Å². The van der Waals surface area contributed by atoms with Gasteiger partial charge >= 0.3 is 0 Å². The molecule has 1 amide bonds. The van der Waals surface area contributed by atoms with E-state index in [-0.39, 0.29) is 48.0 Å². The highest BCUT2D eigenvalue weighted by atomic mass is 19.1. The van der Waals surface area contributed by atoms with E-state index in [4.69, 9.17) is 9.47 Å². The second-order valence-corrected chi connectivity index (χ2v) is 16.5. The maximum atomic E-state index is 16.3. The van der Waals surface area contributed by atoms with Gasteiger partial charge in [-0.2, -0.15) is 0 Å². The number of hydrogen-bond donors (Lipinski definition) is 2. The van der Waals surface area contributed by atoms with Crippen molar-refractivity contribution in [3.63, 3.8) is 0 Å². The molecular weight excluding hydrogens is 611 g/mol. The number of amides is 1. The second-order valence-electron chi connectivity index (χ2n) is 16.5. The van der Waals surface area contributed by atoms with Crippen LogP contribution >= 0.6 is 0 Å². The molecule has 8 aliphatic rings. The average molecular weight is 671 g/mol. The number of alkyl halides is 1. The molecule has 5 aliphatic heterocycles. The standard InChI is InChI=1S/C37H59FN6O4/c1-41-15-17-43(18-16-41)14-6-11-40-37(46)27-22-44-29-21-31-25(24-8-3-4-9-30(24)47-31)20-32(29)48-36-33(28(38)19-26(34(36)44)35(27)45)39-12-10-23-7-5-13-42(23)2/h22-26,28-34,36,39H,3-21H2,1-2H3,(H,40,46). The number of Topliss-reactive ketones (excluding diaryl/α,β-unsaturated/α-hetero) is 1. The molecule has 5 heterocycles. The number of halogens is 1. The topological polar surface area (TPSA) is 89.6 Å². The van der Waals surface area contributed by atoms with Crippen LogP contribution in [0.4, 0.5) is 4.39 Å². The first-order valence-corrected chi connectivity index (χ1v) is 19.5. The van der Waals surface area contributed by atoms with E-state index in [9.17, 15) is 9.59 Å². The van der Waals surface area contributed by atoms with E-state index in [1.54, 1.807) is 0 Å². The van der Waals surface area contributed by atoms with E-state index in [0.717, 1.165) is 77.9 Å². The number of fused-ring (bicyclic) bond motifs is 5. The summed E-state index contributed by atoms with van der Waals surface area (Å²) in [6.07, 6.45) is 11.7. The van der Waals surface area contributed by atoms with Gasteiger partial charge in [0.05, 0.1) is 48.1 Å². The molecule has 0 aromatic rings. The fourth-order valence-corrected chi connectivity index (χ4v) is 11.1. The summed E-state index contributed by atoms with van der Waals surface area (Å²) in [6.45, 7) is 7.54. The number of carbonyl (C=O) groups excluding carboxylic acids is 2. The lowest BCUT2D eigenvalue weighted by Gasteiger charge is -2.60. The van der Waals surface area contributed by atoms with E-state index in [1.807, 2.05) is 6.20 Å². The summed E-state index contributed by atoms with van der Waals surface area (Å²) < 4.78 is 30.1. The zero-order valence-corrected chi connectivity index (χ0v) is 29.2. The third-order valence-electron chi connectivity index (χ3n) is 13.8. The molecule has 0 aromatic heterocycles. The molecule has 11 heteroatoms. The molecule has 0 aromatic carbocycles. The number of likely N-dealkylation sites (N-methyl/N-ethyl adjacent to an activating group) is 1. The van der Waals surface area contributed by atoms with Crippen LogP contribution in [-0.4, -0.2) is 152 Å². The molecule has 48 heavy (non-hydrogen) atoms. The zero-order chi connectivity index (χ0) is 32.9. The minimum atomic E-state index is -1.21. The molecule has 10 nitrogen and oxygen atoms in total. The van der Waals surface area contributed by atoms with Crippen LogP contribution in [0, 0.1) is 17.8 Å². The largest absolute Gasteiger partial charge is 0.374 e. The van der Waals surface area contributed by atoms with Gasteiger partial charge in [0.1, 0.15) is 6.17 Å². The lowest BCUT2D eigenvalue weighted by molar-refractivity contribution is -0.209. The van der Waals surface area contributed by atoms with E-state index in [1.165, 1.54) is 32.1 Å². The summed E-state index contributed by atoms with van der Waals surface area (Å²) in [5, 5.41) is 6.67. The minimum Gasteiger partial charge on any atom is -0.374 e. The Bertz CT molecular complexity index is 1210. The van der Waals surface area contributed by atoms with Crippen LogP contribution in [-0.2, 0) is 19.1 Å². The number of hydrogen-bond acceptors (Lipinski definition) is 9. The third-order valence-corrected chi connectivity index (χ3v) is 13.8. The highest BCUT2D eigenvalue weighted by Crippen LogP contribution is 2.52. The van der Waals surface area contributed by atoms with Crippen LogP contribution in [0.15, 0.2) is 11.8 Å². The first kappa shape index (κ1) is 33.5. The molecular formula is C37H59FN6O4. The van der Waals surface area contributed by atoms with Crippen LogP contribution in [0.2, 0.25) is 0 Å². The van der Waals surface area contributed by atoms with E-state index < -0.39 is 24.2 Å². The molecule has 0 radical (unpaired) electrons. The molecule has 0 spiro atoms. The van der Waals surface area contributed by atoms with Crippen LogP contribution in [0.3, 0.4) is 0 Å². The number of piperazine rings is 1. The smallest absolute Gasteiger partial charge is 0.256 e. The van der Waals surface area contributed by atoms with Crippen LogP contribution in [0.25, 0.3) is 0 Å². The predicted molar refractivity (Wildman–Crippen MR) is 181 cm³/mol. The monoisotopic (exact) mass is 670 g/mol. The van der Waals surface area contributed by atoms with Crippen molar-refractivity contribution in [1.29, 1.82) is 0 Å². The van der Waals surface area contributed by atoms with Crippen molar-refractivity contribution in [2.45, 2.75) is 125 Å². The van der Waals surface area contributed by atoms with Gasteiger partial charge in [-0.3, -0.25) is 9.59 Å². The number of ketones is 1. The number of carbonyl (C=O) groups is 2. The van der Waals surface area contributed by atoms with Gasteiger partial charge in [-0.05, 0) is 103 Å². The van der Waals surface area contributed by atoms with Gasteiger partial charge in [0.25, 0.3) is 5.91 Å². The van der Waals surface area contributed by atoms with E-state index >= 15 is 4.39 Å². The lowest BCUT2D eigenvalue weighted by Crippen LogP contribution is -2.73. The van der Waals surface area contributed by atoms with Crippen molar-refractivity contribution < 1.29 is 23.5 Å². The number of ether oxygens (including phenoxy) is 2. The third kappa shape index (κ3) is 6.38. The van der Waals surface area contributed by atoms with Gasteiger partial charge in [-0.1, -0.05) is 12.8 Å². The van der Waals surface area contributed by atoms with Crippen molar-refractivity contribution in [1.82, 2.24) is 30.2 Å². The molecule has 7 fully saturated rings. The highest BCUT2D eigenvalue weighted by molar-refractivity contribution is 6.20. The quantitative estimate of drug-likeness (QED) is 0.283. The summed E-state index contributed by atoms with van der Waals surface area (Å²) >= 11 is 0. The molecule has 12 unspecified atom stereocenters. The summed E-state index contributed by atoms with van der Waals surface area (Å²) in [5.74, 6) is -0.0701. The molecule has 0 bridgehead atoms. The Labute approximate surface area is 286 Å². The highest BCUT2D eigenvalue weighted by Gasteiger charge is 2.61. The molecule has 12 atom stereocenters. The van der Waals surface area contributed by atoms with Gasteiger partial charge < -0.3 is 39.7 Å². The normalized spacial score (nSPS) is 43.3. The molecule has 3 saturated carbocycles. The van der Waals surface area contributed by atoms with Gasteiger partial charge in [0, 0.05) is 50.9 Å². The molecule has 8 rings (SSSR count). The van der Waals surface area contributed by atoms with Crippen molar-refractivity contribution in [2.75, 3.05) is 66.5 Å². The maximum Gasteiger partial charge on any atom is 0.256 e. The van der Waals surface area contributed by atoms with Crippen molar-refractivity contribution in [3.8, 4) is 0 Å². The summed E-state index contributed by atoms with van der Waals surface area (Å²) in [6, 6.07) is -0.186. The molecule has 268 valence electrons. The number of likely N-dealkylation sites (tertiary alicyclic amines) is 1. The summed E-state index contributed by atoms with van der Waals surface area (Å²) in [5.41, 5.74) is 0.196. The van der Waals surface area contributed by atoms with Gasteiger partial charge in [-0.15, -0.1) is 0 Å². The Morgan fingerprint density at radius 2 is 1.75 bits per heavy atom. The first-order valence-electron chi connectivity index (χ1n) is 19.5. The zero-order valence-electron chi connectivity index (χ0n) is 29.2. The van der Waals surface area contributed by atoms with Gasteiger partial charge in [-0.25, -0.2) is 4.39 Å². The Morgan fingerprint density at radius 1 is 0.917 bits per heavy atom. The number of nitrogens with one attached hydrogen (secondary N) is 2. The minimum absolute atomic E-state index is 0.0206. The lowest BCUT2D eigenvalue weighted by atomic mass is 9.67. The summed E-state index contributed by atoms with van der Waals surface area (Å²) in [4.78, 5) is 37.3. The van der Waals surface area contributed by atoms with Crippen LogP contribution in [0.1, 0.15) is 70.6 Å². The van der Waals surface area contributed by atoms with E-state index in [0.29, 0.717) is 30.5 Å².